The van der Waals surface area contributed by atoms with Gasteiger partial charge in [-0.2, -0.15) is 0 Å². The van der Waals surface area contributed by atoms with Crippen molar-refractivity contribution in [1.29, 1.82) is 0 Å². The summed E-state index contributed by atoms with van der Waals surface area (Å²) in [5.41, 5.74) is 0. The maximum atomic E-state index is 3.61. The van der Waals surface area contributed by atoms with Gasteiger partial charge in [-0.3, -0.25) is 0 Å². The molecule has 1 heteroatoms. The minimum Gasteiger partial charge on any atom is -0.314 e. The zero-order chi connectivity index (χ0) is 11.1. The molecule has 15 heavy (non-hydrogen) atoms. The molecule has 0 saturated heterocycles. The number of hydrogen-bond acceptors (Lipinski definition) is 1. The van der Waals surface area contributed by atoms with Gasteiger partial charge in [-0.25, -0.2) is 0 Å². The van der Waals surface area contributed by atoms with Crippen LogP contribution in [0, 0.1) is 11.8 Å². The predicted octanol–water partition coefficient (Wildman–Crippen LogP) is 3.98. The van der Waals surface area contributed by atoms with Gasteiger partial charge < -0.3 is 5.32 Å². The molecule has 1 aliphatic rings. The standard InChI is InChI=1S/C14H29N/c1-4-13(11-15-12(2)3)14-9-7-5-6-8-10-14/h12-15H,4-11H2,1-3H3. The van der Waals surface area contributed by atoms with Crippen LogP contribution < -0.4 is 5.32 Å². The Bertz CT molecular complexity index is 145. The Balaban J connectivity index is 2.34. The van der Waals surface area contributed by atoms with Gasteiger partial charge in [0.25, 0.3) is 0 Å². The minimum absolute atomic E-state index is 0.643. The Labute approximate surface area is 96.0 Å². The second kappa shape index (κ2) is 7.27. The summed E-state index contributed by atoms with van der Waals surface area (Å²) >= 11 is 0. The van der Waals surface area contributed by atoms with E-state index in [9.17, 15) is 0 Å². The Morgan fingerprint density at radius 1 is 1.07 bits per heavy atom. The van der Waals surface area contributed by atoms with Crippen molar-refractivity contribution in [2.45, 2.75) is 71.8 Å². The number of hydrogen-bond donors (Lipinski definition) is 1. The normalized spacial score (nSPS) is 21.6. The van der Waals surface area contributed by atoms with Crippen LogP contribution in [-0.4, -0.2) is 12.6 Å². The van der Waals surface area contributed by atoms with Crippen LogP contribution in [0.3, 0.4) is 0 Å². The molecule has 1 atom stereocenters. The molecule has 0 aromatic heterocycles. The molecule has 1 rings (SSSR count). The van der Waals surface area contributed by atoms with Crippen LogP contribution in [0.1, 0.15) is 65.7 Å². The first-order valence-electron chi connectivity index (χ1n) is 6.97. The molecule has 1 nitrogen and oxygen atoms in total. The fraction of sp³-hybridized carbons (Fsp3) is 1.00. The van der Waals surface area contributed by atoms with Gasteiger partial charge >= 0.3 is 0 Å². The SMILES string of the molecule is CCC(CNC(C)C)C1CCCCCC1. The molecule has 0 radical (unpaired) electrons. The summed E-state index contributed by atoms with van der Waals surface area (Å²) in [6, 6.07) is 0.643. The molecular formula is C14H29N. The molecule has 1 N–H and O–H groups in total. The highest BCUT2D eigenvalue weighted by atomic mass is 14.9. The smallest absolute Gasteiger partial charge is 0.00104 e. The topological polar surface area (TPSA) is 12.0 Å². The largest absolute Gasteiger partial charge is 0.314 e. The van der Waals surface area contributed by atoms with Crippen molar-refractivity contribution in [1.82, 2.24) is 5.32 Å². The minimum atomic E-state index is 0.643. The molecule has 0 spiro atoms. The maximum absolute atomic E-state index is 3.61. The van der Waals surface area contributed by atoms with Crippen molar-refractivity contribution < 1.29 is 0 Å². The fourth-order valence-electron chi connectivity index (χ4n) is 2.81. The first kappa shape index (κ1) is 13.0. The summed E-state index contributed by atoms with van der Waals surface area (Å²) in [5, 5.41) is 3.61. The third-order valence-corrected chi connectivity index (χ3v) is 3.88. The Morgan fingerprint density at radius 2 is 1.67 bits per heavy atom. The third kappa shape index (κ3) is 5.01. The van der Waals surface area contributed by atoms with Gasteiger partial charge in [0.15, 0.2) is 0 Å². The lowest BCUT2D eigenvalue weighted by Crippen LogP contribution is -2.32. The van der Waals surface area contributed by atoms with Crippen LogP contribution in [0.4, 0.5) is 0 Å². The molecule has 0 heterocycles. The zero-order valence-electron chi connectivity index (χ0n) is 10.9. The van der Waals surface area contributed by atoms with E-state index in [4.69, 9.17) is 0 Å². The van der Waals surface area contributed by atoms with Gasteiger partial charge in [-0.05, 0) is 18.4 Å². The molecule has 0 amide bonds. The molecular weight excluding hydrogens is 182 g/mol. The second-order valence-electron chi connectivity index (χ2n) is 5.48. The highest BCUT2D eigenvalue weighted by molar-refractivity contribution is 4.74. The monoisotopic (exact) mass is 211 g/mol. The van der Waals surface area contributed by atoms with Crippen molar-refractivity contribution >= 4 is 0 Å². The summed E-state index contributed by atoms with van der Waals surface area (Å²) in [5.74, 6) is 1.93. The van der Waals surface area contributed by atoms with Crippen LogP contribution in [0.2, 0.25) is 0 Å². The van der Waals surface area contributed by atoms with E-state index in [0.29, 0.717) is 6.04 Å². The van der Waals surface area contributed by atoms with Crippen molar-refractivity contribution in [2.24, 2.45) is 11.8 Å². The summed E-state index contributed by atoms with van der Waals surface area (Å²) in [4.78, 5) is 0. The lowest BCUT2D eigenvalue weighted by atomic mass is 9.84. The maximum Gasteiger partial charge on any atom is 0.00104 e. The van der Waals surface area contributed by atoms with E-state index in [2.05, 4.69) is 26.1 Å². The van der Waals surface area contributed by atoms with Crippen LogP contribution in [0.15, 0.2) is 0 Å². The first-order valence-corrected chi connectivity index (χ1v) is 6.97. The fourth-order valence-corrected chi connectivity index (χ4v) is 2.81. The van der Waals surface area contributed by atoms with E-state index < -0.39 is 0 Å². The van der Waals surface area contributed by atoms with Crippen molar-refractivity contribution in [3.05, 3.63) is 0 Å². The molecule has 1 fully saturated rings. The highest BCUT2D eigenvalue weighted by Crippen LogP contribution is 2.30. The van der Waals surface area contributed by atoms with Gasteiger partial charge in [0.2, 0.25) is 0 Å². The van der Waals surface area contributed by atoms with Gasteiger partial charge in [-0.15, -0.1) is 0 Å². The quantitative estimate of drug-likeness (QED) is 0.678. The van der Waals surface area contributed by atoms with E-state index >= 15 is 0 Å². The second-order valence-corrected chi connectivity index (χ2v) is 5.48. The average molecular weight is 211 g/mol. The van der Waals surface area contributed by atoms with Crippen LogP contribution in [0.25, 0.3) is 0 Å². The molecule has 1 aliphatic carbocycles. The molecule has 1 saturated carbocycles. The Hall–Kier alpha value is -0.0400. The van der Waals surface area contributed by atoms with Gasteiger partial charge in [0, 0.05) is 6.04 Å². The van der Waals surface area contributed by atoms with E-state index in [-0.39, 0.29) is 0 Å². The first-order chi connectivity index (χ1) is 7.24. The Morgan fingerprint density at radius 3 is 2.13 bits per heavy atom. The van der Waals surface area contributed by atoms with Gasteiger partial charge in [-0.1, -0.05) is 65.7 Å². The number of nitrogens with one attached hydrogen (secondary N) is 1. The van der Waals surface area contributed by atoms with Crippen LogP contribution in [0.5, 0.6) is 0 Å². The lowest BCUT2D eigenvalue weighted by molar-refractivity contribution is 0.273. The molecule has 0 bridgehead atoms. The highest BCUT2D eigenvalue weighted by Gasteiger charge is 2.20. The molecule has 0 aromatic rings. The van der Waals surface area contributed by atoms with Crippen LogP contribution >= 0.6 is 0 Å². The predicted molar refractivity (Wildman–Crippen MR) is 68.1 cm³/mol. The van der Waals surface area contributed by atoms with E-state index in [1.54, 1.807) is 0 Å². The summed E-state index contributed by atoms with van der Waals surface area (Å²) < 4.78 is 0. The lowest BCUT2D eigenvalue weighted by Gasteiger charge is -2.26. The zero-order valence-corrected chi connectivity index (χ0v) is 10.9. The van der Waals surface area contributed by atoms with E-state index in [0.717, 1.165) is 11.8 Å². The molecule has 90 valence electrons. The summed E-state index contributed by atoms with van der Waals surface area (Å²) in [7, 11) is 0. The molecule has 1 unspecified atom stereocenters. The van der Waals surface area contributed by atoms with Crippen LogP contribution in [-0.2, 0) is 0 Å². The summed E-state index contributed by atoms with van der Waals surface area (Å²) in [6.07, 6.45) is 10.2. The van der Waals surface area contributed by atoms with E-state index in [1.807, 2.05) is 0 Å². The van der Waals surface area contributed by atoms with Crippen molar-refractivity contribution in [3.63, 3.8) is 0 Å². The van der Waals surface area contributed by atoms with Gasteiger partial charge in [0.1, 0.15) is 0 Å². The molecule has 0 aromatic carbocycles. The summed E-state index contributed by atoms with van der Waals surface area (Å²) in [6.45, 7) is 8.09. The Kier molecular flexibility index (Phi) is 6.31. The van der Waals surface area contributed by atoms with E-state index in [1.165, 1.54) is 51.5 Å². The third-order valence-electron chi connectivity index (χ3n) is 3.88. The van der Waals surface area contributed by atoms with Crippen molar-refractivity contribution in [3.8, 4) is 0 Å². The van der Waals surface area contributed by atoms with Gasteiger partial charge in [0.05, 0.1) is 0 Å². The van der Waals surface area contributed by atoms with Crippen molar-refractivity contribution in [2.75, 3.05) is 6.54 Å². The number of rotatable bonds is 5. The molecule has 0 aliphatic heterocycles. The average Bonchev–Trinajstić information content (AvgIpc) is 2.47.